The molecule has 0 unspecified atom stereocenters. The highest BCUT2D eigenvalue weighted by molar-refractivity contribution is 5.76. The van der Waals surface area contributed by atoms with Gasteiger partial charge in [-0.1, -0.05) is 29.8 Å². The van der Waals surface area contributed by atoms with Crippen LogP contribution in [-0.4, -0.2) is 57.2 Å². The Morgan fingerprint density at radius 2 is 1.68 bits per heavy atom. The number of halogens is 1. The fourth-order valence-electron chi connectivity index (χ4n) is 3.22. The largest absolute Gasteiger partial charge is 0.368 e. The van der Waals surface area contributed by atoms with Gasteiger partial charge in [-0.3, -0.25) is 4.79 Å². The number of anilines is 1. The third-order valence-corrected chi connectivity index (χ3v) is 4.86. The minimum atomic E-state index is -0.247. The van der Waals surface area contributed by atoms with Crippen LogP contribution in [0.4, 0.5) is 10.1 Å². The molecule has 0 atom stereocenters. The number of benzene rings is 2. The first-order valence-corrected chi connectivity index (χ1v) is 9.21. The first kappa shape index (κ1) is 18.1. The summed E-state index contributed by atoms with van der Waals surface area (Å²) in [6, 6.07) is 14.3. The zero-order valence-corrected chi connectivity index (χ0v) is 15.6. The predicted molar refractivity (Wildman–Crippen MR) is 103 cm³/mol. The van der Waals surface area contributed by atoms with Crippen LogP contribution in [0.1, 0.15) is 5.56 Å². The van der Waals surface area contributed by atoms with Gasteiger partial charge in [-0.2, -0.15) is 4.80 Å². The van der Waals surface area contributed by atoms with E-state index in [-0.39, 0.29) is 18.3 Å². The number of hydrogen-bond acceptors (Lipinski definition) is 5. The molecule has 1 aromatic heterocycles. The third-order valence-electron chi connectivity index (χ3n) is 4.86. The van der Waals surface area contributed by atoms with Gasteiger partial charge in [-0.15, -0.1) is 10.2 Å². The highest BCUT2D eigenvalue weighted by Gasteiger charge is 2.22. The van der Waals surface area contributed by atoms with E-state index in [0.29, 0.717) is 32.0 Å². The van der Waals surface area contributed by atoms with E-state index in [1.54, 1.807) is 17.0 Å². The number of tetrazole rings is 1. The Hall–Kier alpha value is -3.29. The molecule has 1 fully saturated rings. The van der Waals surface area contributed by atoms with Crippen LogP contribution in [0.25, 0.3) is 11.4 Å². The molecule has 8 heteroatoms. The number of piperazine rings is 1. The van der Waals surface area contributed by atoms with Crippen LogP contribution in [0.3, 0.4) is 0 Å². The van der Waals surface area contributed by atoms with Crippen LogP contribution >= 0.6 is 0 Å². The van der Waals surface area contributed by atoms with E-state index in [1.807, 2.05) is 31.2 Å². The van der Waals surface area contributed by atoms with Crippen LogP contribution in [0.15, 0.2) is 48.5 Å². The maximum Gasteiger partial charge on any atom is 0.246 e. The first-order chi connectivity index (χ1) is 13.6. The third kappa shape index (κ3) is 4.00. The van der Waals surface area contributed by atoms with Gasteiger partial charge in [0.25, 0.3) is 0 Å². The average Bonchev–Trinajstić information content (AvgIpc) is 3.18. The second-order valence-corrected chi connectivity index (χ2v) is 6.85. The second-order valence-electron chi connectivity index (χ2n) is 6.85. The molecular weight excluding hydrogens is 359 g/mol. The minimum Gasteiger partial charge on any atom is -0.368 e. The molecule has 0 spiro atoms. The lowest BCUT2D eigenvalue weighted by atomic mass is 10.1. The zero-order valence-electron chi connectivity index (χ0n) is 15.6. The Balaban J connectivity index is 1.33. The lowest BCUT2D eigenvalue weighted by Crippen LogP contribution is -2.49. The van der Waals surface area contributed by atoms with E-state index in [1.165, 1.54) is 16.9 Å². The molecular formula is C20H21FN6O. The molecule has 1 saturated heterocycles. The molecule has 2 heterocycles. The number of aromatic nitrogens is 4. The summed E-state index contributed by atoms with van der Waals surface area (Å²) in [5, 5.41) is 12.4. The second kappa shape index (κ2) is 7.75. The molecule has 1 aliphatic rings. The standard InChI is InChI=1S/C20H21FN6O/c1-15-2-4-16(5-3-15)20-22-24-27(23-20)14-19(28)26-12-10-25(11-13-26)18-8-6-17(21)7-9-18/h2-9H,10-14H2,1H3. The summed E-state index contributed by atoms with van der Waals surface area (Å²) < 4.78 is 13.1. The molecule has 28 heavy (non-hydrogen) atoms. The van der Waals surface area contributed by atoms with Crippen LogP contribution in [-0.2, 0) is 11.3 Å². The maximum atomic E-state index is 13.1. The normalized spacial score (nSPS) is 14.4. The van der Waals surface area contributed by atoms with E-state index in [0.717, 1.165) is 16.8 Å². The van der Waals surface area contributed by atoms with Crippen molar-refractivity contribution in [3.05, 3.63) is 59.9 Å². The lowest BCUT2D eigenvalue weighted by molar-refractivity contribution is -0.132. The van der Waals surface area contributed by atoms with Crippen molar-refractivity contribution in [2.24, 2.45) is 0 Å². The van der Waals surface area contributed by atoms with Gasteiger partial charge in [0.05, 0.1) is 0 Å². The Bertz CT molecular complexity index is 946. The maximum absolute atomic E-state index is 13.1. The Labute approximate surface area is 162 Å². The van der Waals surface area contributed by atoms with Crippen molar-refractivity contribution in [1.29, 1.82) is 0 Å². The molecule has 144 valence electrons. The van der Waals surface area contributed by atoms with Crippen molar-refractivity contribution in [3.63, 3.8) is 0 Å². The SMILES string of the molecule is Cc1ccc(-c2nnn(CC(=O)N3CCN(c4ccc(F)cc4)CC3)n2)cc1. The summed E-state index contributed by atoms with van der Waals surface area (Å²) >= 11 is 0. The summed E-state index contributed by atoms with van der Waals surface area (Å²) in [5.74, 6) is 0.225. The summed E-state index contributed by atoms with van der Waals surface area (Å²) in [7, 11) is 0. The zero-order chi connectivity index (χ0) is 19.5. The van der Waals surface area contributed by atoms with Crippen molar-refractivity contribution >= 4 is 11.6 Å². The van der Waals surface area contributed by atoms with E-state index in [9.17, 15) is 9.18 Å². The number of carbonyl (C=O) groups is 1. The molecule has 0 aliphatic carbocycles. The van der Waals surface area contributed by atoms with Crippen molar-refractivity contribution in [1.82, 2.24) is 25.1 Å². The van der Waals surface area contributed by atoms with E-state index >= 15 is 0 Å². The topological polar surface area (TPSA) is 67.2 Å². The highest BCUT2D eigenvalue weighted by Crippen LogP contribution is 2.17. The lowest BCUT2D eigenvalue weighted by Gasteiger charge is -2.36. The monoisotopic (exact) mass is 380 g/mol. The Morgan fingerprint density at radius 3 is 2.36 bits per heavy atom. The smallest absolute Gasteiger partial charge is 0.246 e. The van der Waals surface area contributed by atoms with Gasteiger partial charge in [0.15, 0.2) is 0 Å². The number of amides is 1. The summed E-state index contributed by atoms with van der Waals surface area (Å²) in [5.41, 5.74) is 3.00. The molecule has 0 saturated carbocycles. The van der Waals surface area contributed by atoms with Crippen LogP contribution in [0, 0.1) is 12.7 Å². The molecule has 0 N–H and O–H groups in total. The molecule has 3 aromatic rings. The molecule has 7 nitrogen and oxygen atoms in total. The van der Waals surface area contributed by atoms with Gasteiger partial charge < -0.3 is 9.80 Å². The number of nitrogens with zero attached hydrogens (tertiary/aromatic N) is 6. The number of rotatable bonds is 4. The average molecular weight is 380 g/mol. The van der Waals surface area contributed by atoms with Gasteiger partial charge in [0.2, 0.25) is 11.7 Å². The Morgan fingerprint density at radius 1 is 1.00 bits per heavy atom. The summed E-state index contributed by atoms with van der Waals surface area (Å²) in [6.45, 7) is 4.71. The van der Waals surface area contributed by atoms with E-state index in [2.05, 4.69) is 20.3 Å². The summed E-state index contributed by atoms with van der Waals surface area (Å²) in [6.07, 6.45) is 0. The van der Waals surface area contributed by atoms with Gasteiger partial charge in [0.1, 0.15) is 12.4 Å². The fourth-order valence-corrected chi connectivity index (χ4v) is 3.22. The summed E-state index contributed by atoms with van der Waals surface area (Å²) in [4.78, 5) is 17.9. The molecule has 0 bridgehead atoms. The van der Waals surface area contributed by atoms with Crippen LogP contribution in [0.2, 0.25) is 0 Å². The first-order valence-electron chi connectivity index (χ1n) is 9.21. The van der Waals surface area contributed by atoms with Gasteiger partial charge >= 0.3 is 0 Å². The van der Waals surface area contributed by atoms with E-state index < -0.39 is 0 Å². The van der Waals surface area contributed by atoms with Crippen molar-refractivity contribution < 1.29 is 9.18 Å². The number of hydrogen-bond donors (Lipinski definition) is 0. The van der Waals surface area contributed by atoms with Gasteiger partial charge in [-0.05, 0) is 36.4 Å². The van der Waals surface area contributed by atoms with Crippen molar-refractivity contribution in [2.75, 3.05) is 31.1 Å². The van der Waals surface area contributed by atoms with Gasteiger partial charge in [-0.25, -0.2) is 4.39 Å². The van der Waals surface area contributed by atoms with Crippen molar-refractivity contribution in [2.45, 2.75) is 13.5 Å². The molecule has 0 radical (unpaired) electrons. The predicted octanol–water partition coefficient (Wildman–Crippen LogP) is 2.14. The molecule has 1 aliphatic heterocycles. The minimum absolute atomic E-state index is 0.0355. The highest BCUT2D eigenvalue weighted by atomic mass is 19.1. The number of aryl methyl sites for hydroxylation is 1. The quantitative estimate of drug-likeness (QED) is 0.694. The molecule has 2 aromatic carbocycles. The Kier molecular flexibility index (Phi) is 5.01. The molecule has 4 rings (SSSR count). The number of carbonyl (C=O) groups excluding carboxylic acids is 1. The van der Waals surface area contributed by atoms with Crippen LogP contribution in [0.5, 0.6) is 0 Å². The van der Waals surface area contributed by atoms with Crippen LogP contribution < -0.4 is 4.90 Å². The molecule has 1 amide bonds. The van der Waals surface area contributed by atoms with E-state index in [4.69, 9.17) is 0 Å². The van der Waals surface area contributed by atoms with Crippen molar-refractivity contribution in [3.8, 4) is 11.4 Å². The van der Waals surface area contributed by atoms with Gasteiger partial charge in [0, 0.05) is 37.4 Å². The fraction of sp³-hybridized carbons (Fsp3) is 0.300.